The summed E-state index contributed by atoms with van der Waals surface area (Å²) in [6, 6.07) is 38.6. The zero-order valence-electron chi connectivity index (χ0n) is 32.7. The zero-order valence-corrected chi connectivity index (χ0v) is 32.7. The first-order chi connectivity index (χ1) is 26.6. The van der Waals surface area contributed by atoms with E-state index in [1.54, 1.807) is 0 Å². The Morgan fingerprint density at radius 2 is 0.778 bits per heavy atom. The minimum atomic E-state index is 0.276. The summed E-state index contributed by atoms with van der Waals surface area (Å²) in [5.41, 5.74) is 7.44. The number of nitrogens with zero attached hydrogens (tertiary/aromatic N) is 2. The molecule has 0 aliphatic carbocycles. The molecule has 4 aromatic carbocycles. The van der Waals surface area contributed by atoms with Gasteiger partial charge in [-0.3, -0.25) is 9.59 Å². The second kappa shape index (κ2) is 24.2. The Balaban J connectivity index is 1.14. The fourth-order valence-corrected chi connectivity index (χ4v) is 7.32. The molecular formula is C48H64N4O2. The minimum absolute atomic E-state index is 0.276. The van der Waals surface area contributed by atoms with Gasteiger partial charge in [0.1, 0.15) is 0 Å². The molecule has 0 unspecified atom stereocenters. The molecule has 6 heteroatoms. The van der Waals surface area contributed by atoms with Gasteiger partial charge in [-0.25, -0.2) is 0 Å². The number of carbonyl (C=O) groups excluding carboxylic acids is 2. The maximum Gasteiger partial charge on any atom is 0.222 e. The van der Waals surface area contributed by atoms with Crippen molar-refractivity contribution in [2.24, 2.45) is 0 Å². The number of benzene rings is 4. The smallest absolute Gasteiger partial charge is 0.222 e. The van der Waals surface area contributed by atoms with Crippen LogP contribution in [0.25, 0.3) is 11.1 Å². The third-order valence-electron chi connectivity index (χ3n) is 10.6. The minimum Gasteiger partial charge on any atom is -0.338 e. The Labute approximate surface area is 325 Å². The predicted molar refractivity (Wildman–Crippen MR) is 224 cm³/mol. The van der Waals surface area contributed by atoms with E-state index in [2.05, 4.69) is 117 Å². The van der Waals surface area contributed by atoms with E-state index in [9.17, 15) is 9.59 Å². The number of hydrogen-bond donors (Lipinski definition) is 2. The Morgan fingerprint density at radius 3 is 1.19 bits per heavy atom. The van der Waals surface area contributed by atoms with Crippen molar-refractivity contribution < 1.29 is 9.59 Å². The van der Waals surface area contributed by atoms with E-state index in [4.69, 9.17) is 0 Å². The maximum atomic E-state index is 13.4. The molecule has 288 valence electrons. The van der Waals surface area contributed by atoms with Crippen LogP contribution >= 0.6 is 0 Å². The molecule has 4 bridgehead atoms. The monoisotopic (exact) mass is 729 g/mol. The topological polar surface area (TPSA) is 64.7 Å². The average molecular weight is 729 g/mol. The van der Waals surface area contributed by atoms with Crippen LogP contribution in [-0.2, 0) is 35.8 Å². The van der Waals surface area contributed by atoms with Crippen molar-refractivity contribution in [2.45, 2.75) is 116 Å². The second-order valence-corrected chi connectivity index (χ2v) is 15.1. The van der Waals surface area contributed by atoms with E-state index < -0.39 is 0 Å². The van der Waals surface area contributed by atoms with Gasteiger partial charge in [-0.1, -0.05) is 148 Å². The molecule has 4 aromatic rings. The summed E-state index contributed by atoms with van der Waals surface area (Å²) in [4.78, 5) is 31.0. The van der Waals surface area contributed by atoms with Crippen molar-refractivity contribution in [2.75, 3.05) is 26.2 Å². The van der Waals surface area contributed by atoms with Gasteiger partial charge >= 0.3 is 0 Å². The third-order valence-corrected chi connectivity index (χ3v) is 10.6. The summed E-state index contributed by atoms with van der Waals surface area (Å²) in [5.74, 6) is 0.553. The van der Waals surface area contributed by atoms with Crippen molar-refractivity contribution in [3.05, 3.63) is 131 Å². The molecule has 3 heterocycles. The highest BCUT2D eigenvalue weighted by Gasteiger charge is 2.15. The average Bonchev–Trinajstić information content (AvgIpc) is 3.21. The van der Waals surface area contributed by atoms with Gasteiger partial charge in [0, 0.05) is 52.1 Å². The lowest BCUT2D eigenvalue weighted by Gasteiger charge is -2.23. The summed E-state index contributed by atoms with van der Waals surface area (Å²) in [7, 11) is 0. The molecule has 0 saturated carbocycles. The molecule has 3 aliphatic rings. The first-order valence-electron chi connectivity index (χ1n) is 20.9. The Hall–Kier alpha value is -4.26. The number of fused-ring (bicyclic) bond motifs is 2. The molecule has 54 heavy (non-hydrogen) atoms. The van der Waals surface area contributed by atoms with E-state index in [-0.39, 0.29) is 11.8 Å². The lowest BCUT2D eigenvalue weighted by Crippen LogP contribution is -2.31. The highest BCUT2D eigenvalue weighted by atomic mass is 16.2. The van der Waals surface area contributed by atoms with Crippen molar-refractivity contribution >= 4 is 11.8 Å². The van der Waals surface area contributed by atoms with Crippen LogP contribution in [-0.4, -0.2) is 47.8 Å². The molecule has 0 aromatic heterocycles. The van der Waals surface area contributed by atoms with Crippen molar-refractivity contribution in [3.8, 4) is 11.1 Å². The van der Waals surface area contributed by atoms with Gasteiger partial charge in [0.15, 0.2) is 0 Å². The van der Waals surface area contributed by atoms with Crippen LogP contribution in [0.1, 0.15) is 112 Å². The van der Waals surface area contributed by atoms with Crippen LogP contribution in [0.2, 0.25) is 0 Å². The van der Waals surface area contributed by atoms with Crippen molar-refractivity contribution in [3.63, 3.8) is 0 Å². The molecule has 6 nitrogen and oxygen atoms in total. The third kappa shape index (κ3) is 15.2. The van der Waals surface area contributed by atoms with Gasteiger partial charge < -0.3 is 20.4 Å². The summed E-state index contributed by atoms with van der Waals surface area (Å²) in [5, 5.41) is 7.19. The number of carbonyl (C=O) groups is 2. The summed E-state index contributed by atoms with van der Waals surface area (Å²) in [6.07, 6.45) is 14.0. The van der Waals surface area contributed by atoms with Gasteiger partial charge in [-0.05, 0) is 85.0 Å². The maximum absolute atomic E-state index is 13.4. The SMILES string of the molecule is O=C1CCCCCNCc2ccc(cc2)-c2ccc(cc2)CNCCCCCC(=O)N(Cc2ccccc2)CCCCCCCCN1Cc1ccccc1. The van der Waals surface area contributed by atoms with E-state index in [1.807, 2.05) is 12.1 Å². The number of nitrogens with one attached hydrogen (secondary N) is 2. The fraction of sp³-hybridized carbons (Fsp3) is 0.458. The van der Waals surface area contributed by atoms with E-state index in [0.29, 0.717) is 25.9 Å². The van der Waals surface area contributed by atoms with Gasteiger partial charge in [0.05, 0.1) is 0 Å². The molecule has 0 saturated heterocycles. The Bertz CT molecular complexity index is 1490. The Morgan fingerprint density at radius 1 is 0.407 bits per heavy atom. The zero-order chi connectivity index (χ0) is 37.5. The van der Waals surface area contributed by atoms with Crippen molar-refractivity contribution in [1.82, 2.24) is 20.4 Å². The molecular weight excluding hydrogens is 665 g/mol. The van der Waals surface area contributed by atoms with Crippen LogP contribution in [0.4, 0.5) is 0 Å². The van der Waals surface area contributed by atoms with Gasteiger partial charge in [-0.15, -0.1) is 0 Å². The van der Waals surface area contributed by atoms with E-state index in [0.717, 1.165) is 116 Å². The van der Waals surface area contributed by atoms with Gasteiger partial charge in [0.25, 0.3) is 0 Å². The quantitative estimate of drug-likeness (QED) is 0.220. The predicted octanol–water partition coefficient (Wildman–Crippen LogP) is 10.1. The lowest BCUT2D eigenvalue weighted by molar-refractivity contribution is -0.132. The molecule has 2 amide bonds. The standard InChI is InChI=1S/C48H64N4O2/c53-47-23-13-7-15-33-49-37-41-25-29-45(30-26-41)46-31-27-42(28-32-46)38-50-34-16-8-14-24-48(54)52(40-44-21-11-6-12-22-44)36-18-4-2-1-3-17-35-51(47)39-43-19-9-5-10-20-43/h5-6,9-12,19-22,25-32,49-50H,1-4,7-8,13-18,23-24,33-40H2. The first-order valence-corrected chi connectivity index (χ1v) is 20.9. The van der Waals surface area contributed by atoms with Crippen LogP contribution < -0.4 is 10.6 Å². The highest BCUT2D eigenvalue weighted by Crippen LogP contribution is 2.21. The number of hydrogen-bond acceptors (Lipinski definition) is 4. The van der Waals surface area contributed by atoms with Crippen LogP contribution in [0, 0.1) is 0 Å². The van der Waals surface area contributed by atoms with Gasteiger partial charge in [-0.2, -0.15) is 0 Å². The Kier molecular flexibility index (Phi) is 18.3. The summed E-state index contributed by atoms with van der Waals surface area (Å²) >= 11 is 0. The number of amides is 2. The molecule has 7 rings (SSSR count). The molecule has 3 aliphatic heterocycles. The molecule has 0 radical (unpaired) electrons. The van der Waals surface area contributed by atoms with Crippen LogP contribution in [0.5, 0.6) is 0 Å². The largest absolute Gasteiger partial charge is 0.338 e. The number of rotatable bonds is 4. The summed E-state index contributed by atoms with van der Waals surface area (Å²) < 4.78 is 0. The van der Waals surface area contributed by atoms with Crippen LogP contribution in [0.3, 0.4) is 0 Å². The molecule has 0 fully saturated rings. The second-order valence-electron chi connectivity index (χ2n) is 15.1. The summed E-state index contributed by atoms with van der Waals surface area (Å²) in [6.45, 7) is 6.64. The van der Waals surface area contributed by atoms with Crippen molar-refractivity contribution in [1.29, 1.82) is 0 Å². The fourth-order valence-electron chi connectivity index (χ4n) is 7.32. The molecule has 0 atom stereocenters. The lowest BCUT2D eigenvalue weighted by atomic mass is 10.0. The van der Waals surface area contributed by atoms with E-state index in [1.165, 1.54) is 33.4 Å². The van der Waals surface area contributed by atoms with E-state index >= 15 is 0 Å². The molecule has 0 spiro atoms. The van der Waals surface area contributed by atoms with Gasteiger partial charge in [0.2, 0.25) is 11.8 Å². The highest BCUT2D eigenvalue weighted by molar-refractivity contribution is 5.76. The van der Waals surface area contributed by atoms with Crippen LogP contribution in [0.15, 0.2) is 109 Å². The molecule has 2 N–H and O–H groups in total. The normalized spacial score (nSPS) is 17.6. The first kappa shape index (κ1) is 40.9.